The minimum Gasteiger partial charge on any atom is -0.481 e. The van der Waals surface area contributed by atoms with Gasteiger partial charge in [-0.2, -0.15) is 0 Å². The maximum absolute atomic E-state index is 11.9. The van der Waals surface area contributed by atoms with Crippen molar-refractivity contribution in [1.82, 2.24) is 4.98 Å². The van der Waals surface area contributed by atoms with Gasteiger partial charge in [-0.05, 0) is 17.9 Å². The van der Waals surface area contributed by atoms with Crippen molar-refractivity contribution in [3.8, 4) is 5.88 Å². The Kier molecular flexibility index (Phi) is 4.73. The van der Waals surface area contributed by atoms with Gasteiger partial charge in [0.1, 0.15) is 5.78 Å². The van der Waals surface area contributed by atoms with Crippen molar-refractivity contribution >= 4 is 5.78 Å². The lowest BCUT2D eigenvalue weighted by Crippen LogP contribution is -2.06. The van der Waals surface area contributed by atoms with Gasteiger partial charge in [0.15, 0.2) is 0 Å². The second-order valence-electron chi connectivity index (χ2n) is 5.11. The molecule has 0 unspecified atom stereocenters. The Labute approximate surface area is 109 Å². The average molecular weight is 247 g/mol. The summed E-state index contributed by atoms with van der Waals surface area (Å²) in [4.78, 5) is 16.0. The number of methoxy groups -OCH3 is 1. The molecule has 1 aliphatic carbocycles. The summed E-state index contributed by atoms with van der Waals surface area (Å²) in [5, 5.41) is 0. The van der Waals surface area contributed by atoms with Crippen molar-refractivity contribution in [1.29, 1.82) is 0 Å². The Balaban J connectivity index is 1.75. The molecule has 1 aliphatic rings. The van der Waals surface area contributed by atoms with E-state index < -0.39 is 0 Å². The van der Waals surface area contributed by atoms with E-state index in [-0.39, 0.29) is 0 Å². The predicted octanol–water partition coefficient (Wildman–Crippen LogP) is 3.17. The molecule has 0 N–H and O–H groups in total. The molecule has 0 amide bonds. The van der Waals surface area contributed by atoms with Crippen molar-refractivity contribution < 1.29 is 9.53 Å². The van der Waals surface area contributed by atoms with Gasteiger partial charge in [0, 0.05) is 25.1 Å². The predicted molar refractivity (Wildman–Crippen MR) is 70.7 cm³/mol. The van der Waals surface area contributed by atoms with Crippen LogP contribution < -0.4 is 4.74 Å². The van der Waals surface area contributed by atoms with Crippen LogP contribution in [0.15, 0.2) is 18.3 Å². The number of aromatic nitrogens is 1. The van der Waals surface area contributed by atoms with Crippen LogP contribution in [-0.2, 0) is 11.2 Å². The molecule has 1 aromatic rings. The Morgan fingerprint density at radius 1 is 1.39 bits per heavy atom. The molecule has 18 heavy (non-hydrogen) atoms. The summed E-state index contributed by atoms with van der Waals surface area (Å²) >= 11 is 0. The largest absolute Gasteiger partial charge is 0.481 e. The van der Waals surface area contributed by atoms with Crippen LogP contribution in [0.4, 0.5) is 0 Å². The van der Waals surface area contributed by atoms with E-state index >= 15 is 0 Å². The molecule has 98 valence electrons. The minimum absolute atomic E-state index is 0.328. The lowest BCUT2D eigenvalue weighted by Gasteiger charge is -2.07. The second kappa shape index (κ2) is 6.53. The number of nitrogens with zero attached hydrogens (tertiary/aromatic N) is 1. The Morgan fingerprint density at radius 2 is 2.17 bits per heavy atom. The highest BCUT2D eigenvalue weighted by Crippen LogP contribution is 2.28. The van der Waals surface area contributed by atoms with Gasteiger partial charge in [0.25, 0.3) is 0 Å². The third-order valence-electron chi connectivity index (χ3n) is 3.71. The molecule has 1 fully saturated rings. The summed E-state index contributed by atoms with van der Waals surface area (Å²) in [6.07, 6.45) is 9.35. The topological polar surface area (TPSA) is 39.2 Å². The molecular weight excluding hydrogens is 226 g/mol. The molecule has 0 saturated heterocycles. The van der Waals surface area contributed by atoms with Crippen molar-refractivity contribution in [2.45, 2.75) is 44.9 Å². The van der Waals surface area contributed by atoms with E-state index in [1.165, 1.54) is 25.7 Å². The van der Waals surface area contributed by atoms with Gasteiger partial charge in [0.05, 0.1) is 7.11 Å². The number of carbonyl (C=O) groups is 1. The van der Waals surface area contributed by atoms with Gasteiger partial charge in [-0.25, -0.2) is 4.98 Å². The fourth-order valence-corrected chi connectivity index (χ4v) is 2.62. The van der Waals surface area contributed by atoms with Crippen LogP contribution in [0.25, 0.3) is 0 Å². The molecular formula is C15H21NO2. The van der Waals surface area contributed by atoms with Gasteiger partial charge >= 0.3 is 0 Å². The number of hydrogen-bond acceptors (Lipinski definition) is 3. The third-order valence-corrected chi connectivity index (χ3v) is 3.71. The number of Topliss-reactive ketones (excluding diaryl/α,β-unsaturated/α-hetero) is 1. The smallest absolute Gasteiger partial charge is 0.212 e. The SMILES string of the molecule is COc1ccc(CC(=O)CCC2CCCC2)cn1. The van der Waals surface area contributed by atoms with Gasteiger partial charge in [-0.15, -0.1) is 0 Å². The van der Waals surface area contributed by atoms with Crippen LogP contribution >= 0.6 is 0 Å². The van der Waals surface area contributed by atoms with Gasteiger partial charge in [-0.1, -0.05) is 31.7 Å². The monoisotopic (exact) mass is 247 g/mol. The van der Waals surface area contributed by atoms with Crippen LogP contribution in [0.3, 0.4) is 0 Å². The van der Waals surface area contributed by atoms with Crippen molar-refractivity contribution in [2.75, 3.05) is 7.11 Å². The summed E-state index contributed by atoms with van der Waals surface area (Å²) in [7, 11) is 1.59. The minimum atomic E-state index is 0.328. The molecule has 0 aromatic carbocycles. The molecule has 0 atom stereocenters. The molecule has 1 heterocycles. The van der Waals surface area contributed by atoms with Crippen molar-refractivity contribution in [2.24, 2.45) is 5.92 Å². The lowest BCUT2D eigenvalue weighted by atomic mass is 9.98. The molecule has 1 saturated carbocycles. The number of ether oxygens (including phenoxy) is 1. The van der Waals surface area contributed by atoms with Gasteiger partial charge in [-0.3, -0.25) is 4.79 Å². The highest BCUT2D eigenvalue weighted by atomic mass is 16.5. The molecule has 0 bridgehead atoms. The first kappa shape index (κ1) is 13.1. The summed E-state index contributed by atoms with van der Waals surface area (Å²) in [6, 6.07) is 3.72. The summed E-state index contributed by atoms with van der Waals surface area (Å²) in [5.41, 5.74) is 0.979. The van der Waals surface area contributed by atoms with E-state index in [9.17, 15) is 4.79 Å². The van der Waals surface area contributed by atoms with Crippen LogP contribution in [0.2, 0.25) is 0 Å². The normalized spacial score (nSPS) is 15.8. The van der Waals surface area contributed by atoms with Gasteiger partial charge in [0.2, 0.25) is 5.88 Å². The first-order valence-corrected chi connectivity index (χ1v) is 6.78. The molecule has 3 nitrogen and oxygen atoms in total. The number of ketones is 1. The number of hydrogen-bond donors (Lipinski definition) is 0. The average Bonchev–Trinajstić information content (AvgIpc) is 2.90. The van der Waals surface area contributed by atoms with Crippen LogP contribution in [-0.4, -0.2) is 17.9 Å². The molecule has 1 aromatic heterocycles. The van der Waals surface area contributed by atoms with E-state index in [1.54, 1.807) is 19.4 Å². The number of rotatable bonds is 6. The maximum Gasteiger partial charge on any atom is 0.212 e. The maximum atomic E-state index is 11.9. The molecule has 0 aliphatic heterocycles. The van der Waals surface area contributed by atoms with Crippen molar-refractivity contribution in [3.63, 3.8) is 0 Å². The molecule has 0 spiro atoms. The Morgan fingerprint density at radius 3 is 2.78 bits per heavy atom. The van der Waals surface area contributed by atoms with E-state index in [0.717, 1.165) is 24.3 Å². The quantitative estimate of drug-likeness (QED) is 0.775. The summed E-state index contributed by atoms with van der Waals surface area (Å²) in [5.74, 6) is 1.72. The summed E-state index contributed by atoms with van der Waals surface area (Å²) < 4.78 is 4.99. The van der Waals surface area contributed by atoms with Crippen LogP contribution in [0, 0.1) is 5.92 Å². The van der Waals surface area contributed by atoms with E-state index in [2.05, 4.69) is 4.98 Å². The second-order valence-corrected chi connectivity index (χ2v) is 5.11. The Hall–Kier alpha value is -1.38. The fourth-order valence-electron chi connectivity index (χ4n) is 2.62. The van der Waals surface area contributed by atoms with E-state index in [1.807, 2.05) is 6.07 Å². The van der Waals surface area contributed by atoms with Crippen LogP contribution in [0.5, 0.6) is 5.88 Å². The number of carbonyl (C=O) groups excluding carboxylic acids is 1. The van der Waals surface area contributed by atoms with Crippen LogP contribution in [0.1, 0.15) is 44.1 Å². The zero-order chi connectivity index (χ0) is 12.8. The fraction of sp³-hybridized carbons (Fsp3) is 0.600. The highest BCUT2D eigenvalue weighted by Gasteiger charge is 2.16. The highest BCUT2D eigenvalue weighted by molar-refractivity contribution is 5.80. The zero-order valence-electron chi connectivity index (χ0n) is 11.0. The first-order valence-electron chi connectivity index (χ1n) is 6.78. The molecule has 3 heteroatoms. The van der Waals surface area contributed by atoms with E-state index in [4.69, 9.17) is 4.74 Å². The Bertz CT molecular complexity index is 380. The number of pyridine rings is 1. The van der Waals surface area contributed by atoms with E-state index in [0.29, 0.717) is 18.1 Å². The molecule has 0 radical (unpaired) electrons. The lowest BCUT2D eigenvalue weighted by molar-refractivity contribution is -0.118. The zero-order valence-corrected chi connectivity index (χ0v) is 11.0. The summed E-state index contributed by atoms with van der Waals surface area (Å²) in [6.45, 7) is 0. The van der Waals surface area contributed by atoms with Gasteiger partial charge < -0.3 is 4.74 Å². The van der Waals surface area contributed by atoms with Crippen molar-refractivity contribution in [3.05, 3.63) is 23.9 Å². The standard InChI is InChI=1S/C15H21NO2/c1-18-15-9-7-13(11-16-15)10-14(17)8-6-12-4-2-3-5-12/h7,9,11-12H,2-6,8,10H2,1H3. The molecule has 2 rings (SSSR count). The first-order chi connectivity index (χ1) is 8.78. The third kappa shape index (κ3) is 3.83.